The number of hydrogen-bond donors (Lipinski definition) is 2. The Labute approximate surface area is 187 Å². The Bertz CT molecular complexity index is 1320. The second kappa shape index (κ2) is 8.87. The lowest BCUT2D eigenvalue weighted by molar-refractivity contribution is -0.113. The lowest BCUT2D eigenvalue weighted by Crippen LogP contribution is -2.21. The van der Waals surface area contributed by atoms with Gasteiger partial charge in [-0.2, -0.15) is 0 Å². The summed E-state index contributed by atoms with van der Waals surface area (Å²) in [6.07, 6.45) is 1.78. The molecular formula is C22H19ClN4O3S. The minimum atomic E-state index is -0.238. The van der Waals surface area contributed by atoms with Crippen molar-refractivity contribution in [2.75, 3.05) is 18.2 Å². The highest BCUT2D eigenvalue weighted by Gasteiger charge is 2.16. The molecule has 0 spiro atoms. The second-order valence-electron chi connectivity index (χ2n) is 6.74. The normalized spacial score (nSPS) is 10.9. The molecule has 2 aromatic carbocycles. The van der Waals surface area contributed by atoms with Crippen LogP contribution in [0.1, 0.15) is 0 Å². The van der Waals surface area contributed by atoms with Gasteiger partial charge in [-0.3, -0.25) is 14.2 Å². The maximum Gasteiger partial charge on any atom is 0.278 e. The number of halogens is 1. The van der Waals surface area contributed by atoms with Gasteiger partial charge in [0.15, 0.2) is 5.16 Å². The summed E-state index contributed by atoms with van der Waals surface area (Å²) < 4.78 is 6.55. The zero-order valence-electron chi connectivity index (χ0n) is 16.8. The lowest BCUT2D eigenvalue weighted by Gasteiger charge is -2.09. The number of aromatic nitrogens is 3. The Morgan fingerprint density at radius 3 is 2.74 bits per heavy atom. The van der Waals surface area contributed by atoms with Gasteiger partial charge < -0.3 is 15.0 Å². The van der Waals surface area contributed by atoms with Crippen molar-refractivity contribution in [3.8, 4) is 16.9 Å². The fraction of sp³-hybridized carbons (Fsp3) is 0.136. The summed E-state index contributed by atoms with van der Waals surface area (Å²) in [6, 6.07) is 14.7. The number of methoxy groups -OCH3 is 1. The third-order valence-corrected chi connectivity index (χ3v) is 6.04. The van der Waals surface area contributed by atoms with Crippen molar-refractivity contribution >= 4 is 46.0 Å². The van der Waals surface area contributed by atoms with Crippen LogP contribution < -0.4 is 15.6 Å². The molecule has 7 nitrogen and oxygen atoms in total. The van der Waals surface area contributed by atoms with Gasteiger partial charge in [0.25, 0.3) is 5.56 Å². The number of carbonyl (C=O) groups is 1. The van der Waals surface area contributed by atoms with Gasteiger partial charge in [0, 0.05) is 24.5 Å². The Kier molecular flexibility index (Phi) is 6.01. The number of H-pyrrole nitrogens is 1. The van der Waals surface area contributed by atoms with Crippen molar-refractivity contribution < 1.29 is 9.53 Å². The van der Waals surface area contributed by atoms with Gasteiger partial charge in [0.1, 0.15) is 16.8 Å². The van der Waals surface area contributed by atoms with E-state index in [2.05, 4.69) is 15.3 Å². The molecule has 2 N–H and O–H groups in total. The number of benzene rings is 2. The van der Waals surface area contributed by atoms with E-state index < -0.39 is 0 Å². The molecule has 0 atom stereocenters. The quantitative estimate of drug-likeness (QED) is 0.334. The van der Waals surface area contributed by atoms with E-state index >= 15 is 0 Å². The minimum absolute atomic E-state index is 0.0839. The predicted octanol–water partition coefficient (Wildman–Crippen LogP) is 4.32. The van der Waals surface area contributed by atoms with Gasteiger partial charge in [-0.15, -0.1) is 0 Å². The summed E-state index contributed by atoms with van der Waals surface area (Å²) in [5.41, 5.74) is 3.18. The largest absolute Gasteiger partial charge is 0.495 e. The van der Waals surface area contributed by atoms with E-state index in [9.17, 15) is 9.59 Å². The number of hydrogen-bond acceptors (Lipinski definition) is 5. The molecular weight excluding hydrogens is 436 g/mol. The Morgan fingerprint density at radius 1 is 1.26 bits per heavy atom. The number of thioether (sulfide) groups is 1. The number of nitrogens with zero attached hydrogens (tertiary/aromatic N) is 2. The van der Waals surface area contributed by atoms with Crippen molar-refractivity contribution in [2.24, 2.45) is 7.05 Å². The van der Waals surface area contributed by atoms with Crippen LogP contribution in [-0.4, -0.2) is 33.3 Å². The van der Waals surface area contributed by atoms with Crippen molar-refractivity contribution in [3.05, 3.63) is 70.1 Å². The summed E-state index contributed by atoms with van der Waals surface area (Å²) in [5, 5.41) is 3.65. The molecule has 0 unspecified atom stereocenters. The zero-order chi connectivity index (χ0) is 22.0. The topological polar surface area (TPSA) is 89.0 Å². The van der Waals surface area contributed by atoms with Crippen LogP contribution in [0.25, 0.3) is 22.2 Å². The molecule has 0 fully saturated rings. The Morgan fingerprint density at radius 2 is 2.03 bits per heavy atom. The SMILES string of the molecule is COc1ccc(NC(=O)CSc2nc3c(-c4ccccc4)c[nH]c3c(=O)n2C)cc1Cl. The van der Waals surface area contributed by atoms with Crippen molar-refractivity contribution in [2.45, 2.75) is 5.16 Å². The highest BCUT2D eigenvalue weighted by atomic mass is 35.5. The predicted molar refractivity (Wildman–Crippen MR) is 124 cm³/mol. The number of nitrogens with one attached hydrogen (secondary N) is 2. The molecule has 4 rings (SSSR count). The molecule has 9 heteroatoms. The molecule has 0 saturated carbocycles. The van der Waals surface area contributed by atoms with Crippen LogP contribution in [0.2, 0.25) is 5.02 Å². The van der Waals surface area contributed by atoms with Gasteiger partial charge in [0.2, 0.25) is 5.91 Å². The maximum absolute atomic E-state index is 12.8. The average Bonchev–Trinajstić information content (AvgIpc) is 3.20. The van der Waals surface area contributed by atoms with E-state index in [0.717, 1.165) is 11.1 Å². The van der Waals surface area contributed by atoms with E-state index in [-0.39, 0.29) is 17.2 Å². The van der Waals surface area contributed by atoms with Crippen LogP contribution in [-0.2, 0) is 11.8 Å². The number of fused-ring (bicyclic) bond motifs is 1. The zero-order valence-corrected chi connectivity index (χ0v) is 18.4. The maximum atomic E-state index is 12.8. The molecule has 2 heterocycles. The molecule has 2 aromatic heterocycles. The number of aromatic amines is 1. The fourth-order valence-electron chi connectivity index (χ4n) is 3.16. The first-order valence-corrected chi connectivity index (χ1v) is 10.7. The van der Waals surface area contributed by atoms with Gasteiger partial charge in [-0.05, 0) is 23.8 Å². The van der Waals surface area contributed by atoms with Crippen molar-refractivity contribution in [1.29, 1.82) is 0 Å². The van der Waals surface area contributed by atoms with E-state index in [1.165, 1.54) is 23.4 Å². The van der Waals surface area contributed by atoms with E-state index in [4.69, 9.17) is 16.3 Å². The van der Waals surface area contributed by atoms with E-state index in [0.29, 0.717) is 32.6 Å². The second-order valence-corrected chi connectivity index (χ2v) is 8.09. The van der Waals surface area contributed by atoms with Crippen LogP contribution in [0, 0.1) is 0 Å². The molecule has 158 valence electrons. The van der Waals surface area contributed by atoms with Gasteiger partial charge >= 0.3 is 0 Å². The number of carbonyl (C=O) groups excluding carboxylic acids is 1. The number of ether oxygens (including phenoxy) is 1. The van der Waals surface area contributed by atoms with Crippen molar-refractivity contribution in [1.82, 2.24) is 14.5 Å². The molecule has 0 aliphatic rings. The smallest absolute Gasteiger partial charge is 0.278 e. The Balaban J connectivity index is 1.55. The molecule has 0 bridgehead atoms. The summed E-state index contributed by atoms with van der Waals surface area (Å²) in [6.45, 7) is 0. The highest BCUT2D eigenvalue weighted by Crippen LogP contribution is 2.29. The third-order valence-electron chi connectivity index (χ3n) is 4.72. The summed E-state index contributed by atoms with van der Waals surface area (Å²) in [5.74, 6) is 0.376. The molecule has 4 aromatic rings. The molecule has 1 amide bonds. The summed E-state index contributed by atoms with van der Waals surface area (Å²) >= 11 is 7.29. The van der Waals surface area contributed by atoms with E-state index in [1.807, 2.05) is 30.3 Å². The van der Waals surface area contributed by atoms with Crippen LogP contribution in [0.5, 0.6) is 5.75 Å². The summed E-state index contributed by atoms with van der Waals surface area (Å²) in [4.78, 5) is 32.9. The molecule has 0 saturated heterocycles. The standard InChI is InChI=1S/C22H19ClN4O3S/c1-27-21(29)20-19(15(11-24-20)13-6-4-3-5-7-13)26-22(27)31-12-18(28)25-14-8-9-17(30-2)16(23)10-14/h3-11,24H,12H2,1-2H3,(H,25,28). The molecule has 0 aliphatic carbocycles. The number of rotatable bonds is 6. The molecule has 0 radical (unpaired) electrons. The minimum Gasteiger partial charge on any atom is -0.495 e. The monoisotopic (exact) mass is 454 g/mol. The first kappa shape index (κ1) is 21.0. The van der Waals surface area contributed by atoms with Gasteiger partial charge in [-0.1, -0.05) is 53.7 Å². The lowest BCUT2D eigenvalue weighted by atomic mass is 10.1. The van der Waals surface area contributed by atoms with Crippen LogP contribution in [0.15, 0.2) is 64.7 Å². The molecule has 0 aliphatic heterocycles. The third kappa shape index (κ3) is 4.30. The summed E-state index contributed by atoms with van der Waals surface area (Å²) in [7, 11) is 3.17. The van der Waals surface area contributed by atoms with Crippen molar-refractivity contribution in [3.63, 3.8) is 0 Å². The number of anilines is 1. The van der Waals surface area contributed by atoms with Crippen LogP contribution in [0.3, 0.4) is 0 Å². The highest BCUT2D eigenvalue weighted by molar-refractivity contribution is 7.99. The average molecular weight is 455 g/mol. The van der Waals surface area contributed by atoms with E-state index in [1.54, 1.807) is 31.4 Å². The van der Waals surface area contributed by atoms with Gasteiger partial charge in [-0.25, -0.2) is 4.98 Å². The fourth-order valence-corrected chi connectivity index (χ4v) is 4.18. The first-order chi connectivity index (χ1) is 15.0. The van der Waals surface area contributed by atoms with Gasteiger partial charge in [0.05, 0.1) is 17.9 Å². The van der Waals surface area contributed by atoms with Crippen LogP contribution in [0.4, 0.5) is 5.69 Å². The first-order valence-electron chi connectivity index (χ1n) is 9.37. The Hall–Kier alpha value is -3.23. The van der Waals surface area contributed by atoms with Crippen LogP contribution >= 0.6 is 23.4 Å². The molecule has 31 heavy (non-hydrogen) atoms. The number of amides is 1.